The molecule has 0 bridgehead atoms. The van der Waals surface area contributed by atoms with Crippen LogP contribution in [0, 0.1) is 0 Å². The van der Waals surface area contributed by atoms with E-state index < -0.39 is 24.7 Å². The van der Waals surface area contributed by atoms with Gasteiger partial charge in [-0.15, -0.1) is 0 Å². The molecule has 0 saturated heterocycles. The van der Waals surface area contributed by atoms with Crippen molar-refractivity contribution in [2.24, 2.45) is 0 Å². The van der Waals surface area contributed by atoms with Crippen LogP contribution in [0.3, 0.4) is 0 Å². The van der Waals surface area contributed by atoms with Gasteiger partial charge in [0, 0.05) is 6.04 Å². The van der Waals surface area contributed by atoms with Crippen LogP contribution in [0.1, 0.15) is 11.1 Å². The molecule has 16 heavy (non-hydrogen) atoms. The van der Waals surface area contributed by atoms with E-state index in [0.29, 0.717) is 11.1 Å². The SMILES string of the molecule is O=S(=O)(O)Cc1ccc(C[Si](O)(O)O)cc1. The second-order valence-corrected chi connectivity index (χ2v) is 6.85. The van der Waals surface area contributed by atoms with Gasteiger partial charge in [-0.1, -0.05) is 24.3 Å². The van der Waals surface area contributed by atoms with Gasteiger partial charge in [-0.05, 0) is 11.1 Å². The van der Waals surface area contributed by atoms with Crippen LogP contribution in [0.15, 0.2) is 24.3 Å². The van der Waals surface area contributed by atoms with Crippen LogP contribution in [0.25, 0.3) is 0 Å². The van der Waals surface area contributed by atoms with Crippen molar-refractivity contribution in [3.05, 3.63) is 35.4 Å². The Morgan fingerprint density at radius 2 is 1.44 bits per heavy atom. The lowest BCUT2D eigenvalue weighted by molar-refractivity contribution is 0.227. The van der Waals surface area contributed by atoms with Crippen LogP contribution in [0.5, 0.6) is 0 Å². The maximum atomic E-state index is 10.6. The molecule has 0 spiro atoms. The molecule has 1 aromatic carbocycles. The molecular formula is C8H12O6SSi. The molecular weight excluding hydrogens is 252 g/mol. The van der Waals surface area contributed by atoms with Crippen molar-refractivity contribution in [3.63, 3.8) is 0 Å². The summed E-state index contributed by atoms with van der Waals surface area (Å²) in [6.45, 7) is 0. The molecule has 0 aromatic heterocycles. The Hall–Kier alpha value is -0.773. The largest absolute Gasteiger partial charge is 0.497 e. The molecule has 0 radical (unpaired) electrons. The predicted molar refractivity (Wildman–Crippen MR) is 57.8 cm³/mol. The van der Waals surface area contributed by atoms with E-state index >= 15 is 0 Å². The zero-order valence-electron chi connectivity index (χ0n) is 8.24. The van der Waals surface area contributed by atoms with E-state index in [4.69, 9.17) is 18.9 Å². The molecule has 1 aromatic rings. The Balaban J connectivity index is 2.76. The summed E-state index contributed by atoms with van der Waals surface area (Å²) in [7, 11) is -8.19. The first-order valence-corrected chi connectivity index (χ1v) is 8.02. The first-order valence-electron chi connectivity index (χ1n) is 4.36. The Kier molecular flexibility index (Phi) is 3.83. The van der Waals surface area contributed by atoms with Crippen LogP contribution >= 0.6 is 0 Å². The normalized spacial score (nSPS) is 12.8. The lowest BCUT2D eigenvalue weighted by atomic mass is 10.2. The number of benzene rings is 1. The van der Waals surface area contributed by atoms with Gasteiger partial charge < -0.3 is 14.4 Å². The van der Waals surface area contributed by atoms with Crippen molar-refractivity contribution >= 4 is 18.9 Å². The highest BCUT2D eigenvalue weighted by Crippen LogP contribution is 2.10. The summed E-state index contributed by atoms with van der Waals surface area (Å²) in [5.41, 5.74) is 0.866. The van der Waals surface area contributed by atoms with Gasteiger partial charge in [0.1, 0.15) is 5.75 Å². The van der Waals surface area contributed by atoms with Crippen molar-refractivity contribution in [3.8, 4) is 0 Å². The zero-order valence-corrected chi connectivity index (χ0v) is 10.1. The van der Waals surface area contributed by atoms with Crippen LogP contribution in [-0.4, -0.2) is 36.2 Å². The van der Waals surface area contributed by atoms with Crippen LogP contribution in [0.4, 0.5) is 0 Å². The van der Waals surface area contributed by atoms with E-state index in [1.807, 2.05) is 0 Å². The van der Waals surface area contributed by atoms with Gasteiger partial charge in [0.2, 0.25) is 0 Å². The number of hydrogen-bond donors (Lipinski definition) is 4. The maximum Gasteiger partial charge on any atom is 0.497 e. The van der Waals surface area contributed by atoms with E-state index in [0.717, 1.165) is 0 Å². The monoisotopic (exact) mass is 264 g/mol. The van der Waals surface area contributed by atoms with Gasteiger partial charge in [0.05, 0.1) is 0 Å². The fourth-order valence-corrected chi connectivity index (χ4v) is 2.63. The lowest BCUT2D eigenvalue weighted by Gasteiger charge is -2.09. The topological polar surface area (TPSA) is 115 Å². The molecule has 0 aliphatic heterocycles. The minimum absolute atomic E-state index is 0.251. The highest BCUT2D eigenvalue weighted by Gasteiger charge is 2.26. The average molecular weight is 264 g/mol. The fourth-order valence-electron chi connectivity index (χ4n) is 1.24. The quantitative estimate of drug-likeness (QED) is 0.412. The molecule has 0 fully saturated rings. The summed E-state index contributed by atoms with van der Waals surface area (Å²) in [6.07, 6.45) is 0. The van der Waals surface area contributed by atoms with Gasteiger partial charge >= 0.3 is 8.80 Å². The summed E-state index contributed by atoms with van der Waals surface area (Å²) in [5.74, 6) is -0.493. The maximum absolute atomic E-state index is 10.6. The fraction of sp³-hybridized carbons (Fsp3) is 0.250. The molecule has 0 heterocycles. The molecule has 1 rings (SSSR count). The molecule has 4 N–H and O–H groups in total. The highest BCUT2D eigenvalue weighted by atomic mass is 32.2. The van der Waals surface area contributed by atoms with Gasteiger partial charge in [-0.2, -0.15) is 8.42 Å². The lowest BCUT2D eigenvalue weighted by Crippen LogP contribution is -2.37. The molecule has 0 aliphatic carbocycles. The van der Waals surface area contributed by atoms with Crippen LogP contribution < -0.4 is 0 Å². The summed E-state index contributed by atoms with van der Waals surface area (Å²) < 4.78 is 29.7. The standard InChI is InChI=1S/C8H12O6SSi/c9-15(10,11)5-7-1-3-8(4-2-7)6-16(12,13)14/h1-4,12-14H,5-6H2,(H,9,10,11). The summed E-state index contributed by atoms with van der Waals surface area (Å²) in [4.78, 5) is 26.5. The van der Waals surface area contributed by atoms with E-state index in [9.17, 15) is 8.42 Å². The first-order chi connectivity index (χ1) is 7.16. The van der Waals surface area contributed by atoms with Crippen molar-refractivity contribution in [2.75, 3.05) is 0 Å². The third-order valence-electron chi connectivity index (χ3n) is 1.81. The summed E-state index contributed by atoms with van der Waals surface area (Å²) in [6, 6.07) is 5.54. The Bertz CT molecular complexity index is 446. The third-order valence-corrected chi connectivity index (χ3v) is 3.39. The smallest absolute Gasteiger partial charge is 0.390 e. The summed E-state index contributed by atoms with van der Waals surface area (Å²) >= 11 is 0. The highest BCUT2D eigenvalue weighted by molar-refractivity contribution is 7.85. The van der Waals surface area contributed by atoms with E-state index in [1.165, 1.54) is 24.3 Å². The zero-order chi connectivity index (χ0) is 12.4. The number of rotatable bonds is 4. The van der Waals surface area contributed by atoms with Crippen molar-refractivity contribution in [2.45, 2.75) is 11.8 Å². The molecule has 0 atom stereocenters. The van der Waals surface area contributed by atoms with Gasteiger partial charge in [-0.25, -0.2) is 0 Å². The van der Waals surface area contributed by atoms with Crippen LogP contribution in [0.2, 0.25) is 0 Å². The molecule has 8 heteroatoms. The molecule has 0 unspecified atom stereocenters. The van der Waals surface area contributed by atoms with E-state index in [2.05, 4.69) is 0 Å². The third kappa shape index (κ3) is 5.35. The molecule has 6 nitrogen and oxygen atoms in total. The minimum Gasteiger partial charge on any atom is -0.390 e. The first kappa shape index (κ1) is 13.3. The predicted octanol–water partition coefficient (Wildman–Crippen LogP) is -0.928. The van der Waals surface area contributed by atoms with E-state index in [-0.39, 0.29) is 6.04 Å². The number of hydrogen-bond acceptors (Lipinski definition) is 5. The second kappa shape index (κ2) is 4.61. The minimum atomic E-state index is -4.13. The van der Waals surface area contributed by atoms with Crippen molar-refractivity contribution in [1.29, 1.82) is 0 Å². The van der Waals surface area contributed by atoms with Crippen molar-refractivity contribution < 1.29 is 27.4 Å². The van der Waals surface area contributed by atoms with E-state index in [1.54, 1.807) is 0 Å². The van der Waals surface area contributed by atoms with Gasteiger partial charge in [-0.3, -0.25) is 4.55 Å². The Morgan fingerprint density at radius 1 is 1.00 bits per heavy atom. The molecule has 0 saturated carbocycles. The Labute approximate surface area is 93.9 Å². The van der Waals surface area contributed by atoms with Gasteiger partial charge in [0.15, 0.2) is 0 Å². The molecule has 0 aliphatic rings. The van der Waals surface area contributed by atoms with Crippen molar-refractivity contribution in [1.82, 2.24) is 0 Å². The Morgan fingerprint density at radius 3 is 1.81 bits per heavy atom. The average Bonchev–Trinajstić information content (AvgIpc) is 2.03. The molecule has 90 valence electrons. The molecule has 0 amide bonds. The van der Waals surface area contributed by atoms with Gasteiger partial charge in [0.25, 0.3) is 10.1 Å². The van der Waals surface area contributed by atoms with Crippen LogP contribution in [-0.2, 0) is 21.9 Å². The summed E-state index contributed by atoms with van der Waals surface area (Å²) in [5, 5.41) is 0. The second-order valence-electron chi connectivity index (χ2n) is 3.49.